The summed E-state index contributed by atoms with van der Waals surface area (Å²) in [5, 5.41) is 12.8. The third-order valence-corrected chi connectivity index (χ3v) is 8.99. The van der Waals surface area contributed by atoms with Gasteiger partial charge in [-0.1, -0.05) is 69.9 Å². The van der Waals surface area contributed by atoms with Crippen molar-refractivity contribution in [1.82, 2.24) is 4.98 Å². The van der Waals surface area contributed by atoms with Gasteiger partial charge in [0.25, 0.3) is 5.13 Å². The molecule has 0 fully saturated rings. The van der Waals surface area contributed by atoms with Crippen LogP contribution in [-0.2, 0) is 0 Å². The quantitative estimate of drug-likeness (QED) is 0.150. The van der Waals surface area contributed by atoms with Crippen LogP contribution in [0.4, 0.5) is 35.2 Å². The molecule has 0 unspecified atom stereocenters. The van der Waals surface area contributed by atoms with Gasteiger partial charge in [-0.15, -0.1) is 11.3 Å². The zero-order valence-corrected chi connectivity index (χ0v) is 27.4. The Morgan fingerprint density at radius 2 is 1.18 bits per heavy atom. The number of carbonyl (C=O) groups is 1. The topological polar surface area (TPSA) is 83.9 Å². The summed E-state index contributed by atoms with van der Waals surface area (Å²) in [6.07, 6.45) is 0. The first kappa shape index (κ1) is 32.6. The van der Waals surface area contributed by atoms with E-state index in [0.717, 1.165) is 11.3 Å². The lowest BCUT2D eigenvalue weighted by Crippen LogP contribution is -2.48. The van der Waals surface area contributed by atoms with E-state index in [9.17, 15) is 13.6 Å². The van der Waals surface area contributed by atoms with Crippen LogP contribution in [0.3, 0.4) is 0 Å². The molecule has 0 spiro atoms. The average Bonchev–Trinajstić information content (AvgIpc) is 3.66. The van der Waals surface area contributed by atoms with Gasteiger partial charge in [0.15, 0.2) is 5.13 Å². The number of carbonyl (C=O) groups excluding carboxylic acids is 1. The third-order valence-electron chi connectivity index (χ3n) is 6.12. The maximum Gasteiger partial charge on any atom is 0.439 e. The average molecular weight is 722 g/mol. The summed E-state index contributed by atoms with van der Waals surface area (Å²) in [5.41, 5.74) is 9.43. The molecule has 4 N–H and O–H groups in total. The largest absolute Gasteiger partial charge is 0.439 e. The molecule has 2 aromatic heterocycles. The number of anilines is 4. The predicted octanol–water partition coefficient (Wildman–Crippen LogP) is 10.8. The van der Waals surface area contributed by atoms with Crippen LogP contribution in [0, 0.1) is 11.6 Å². The zero-order valence-electron chi connectivity index (χ0n) is 22.7. The number of amides is 1. The number of nitrogens with two attached hydrogens (primary N) is 1. The Kier molecular flexibility index (Phi) is 10.5. The number of nitrogens with zero attached hydrogens (tertiary/aromatic N) is 2. The summed E-state index contributed by atoms with van der Waals surface area (Å²) < 4.78 is 27.3. The summed E-state index contributed by atoms with van der Waals surface area (Å²) in [6, 6.07) is 21.7. The van der Waals surface area contributed by atoms with E-state index in [1.54, 1.807) is 66.0 Å². The van der Waals surface area contributed by atoms with Gasteiger partial charge < -0.3 is 5.32 Å². The van der Waals surface area contributed by atoms with Crippen LogP contribution in [0.15, 0.2) is 95.7 Å². The van der Waals surface area contributed by atoms with Crippen molar-refractivity contribution in [2.45, 2.75) is 0 Å². The number of aromatic nitrogens is 2. The van der Waals surface area contributed by atoms with E-state index in [4.69, 9.17) is 52.1 Å². The van der Waals surface area contributed by atoms with E-state index in [0.29, 0.717) is 53.0 Å². The Morgan fingerprint density at radius 3 is 1.69 bits per heavy atom. The van der Waals surface area contributed by atoms with Crippen LogP contribution in [0.25, 0.3) is 22.5 Å². The number of rotatable bonds is 6. The Morgan fingerprint density at radius 1 is 0.689 bits per heavy atom. The molecular weight excluding hydrogens is 702 g/mol. The van der Waals surface area contributed by atoms with Crippen molar-refractivity contribution in [3.8, 4) is 22.5 Å². The smallest absolute Gasteiger partial charge is 0.329 e. The van der Waals surface area contributed by atoms with Gasteiger partial charge in [0.05, 0.1) is 31.5 Å². The van der Waals surface area contributed by atoms with Crippen molar-refractivity contribution in [2.24, 2.45) is 5.73 Å². The van der Waals surface area contributed by atoms with E-state index < -0.39 is 6.03 Å². The van der Waals surface area contributed by atoms with Gasteiger partial charge in [0, 0.05) is 21.9 Å². The van der Waals surface area contributed by atoms with Crippen LogP contribution in [0.5, 0.6) is 0 Å². The Bertz CT molecular complexity index is 1930. The third kappa shape index (κ3) is 7.91. The van der Waals surface area contributed by atoms with Crippen LogP contribution in [0.1, 0.15) is 0 Å². The number of hydrogen-bond acceptors (Lipinski definition) is 6. The fraction of sp³-hybridized carbons (Fsp3) is 0. The van der Waals surface area contributed by atoms with Crippen LogP contribution >= 0.6 is 69.1 Å². The highest BCUT2D eigenvalue weighted by Gasteiger charge is 2.24. The number of nitrogens with one attached hydrogen (secondary N) is 2. The SMILES string of the molecule is Fc1ccc(-c2csc(Nc3c(Cl)cccc3Cl)n2)cc1.NC(=O)[n+]1c(-c2ccc(F)cc2)csc1Nc1c(Cl)cccc1Cl. The van der Waals surface area contributed by atoms with E-state index >= 15 is 0 Å². The summed E-state index contributed by atoms with van der Waals surface area (Å²) in [4.78, 5) is 16.4. The minimum atomic E-state index is -0.679. The summed E-state index contributed by atoms with van der Waals surface area (Å²) in [7, 11) is 0. The monoisotopic (exact) mass is 720 g/mol. The maximum absolute atomic E-state index is 13.1. The second-order valence-corrected chi connectivity index (χ2v) is 12.4. The number of halogens is 6. The summed E-state index contributed by atoms with van der Waals surface area (Å²) >= 11 is 27.2. The first-order valence-corrected chi connectivity index (χ1v) is 16.1. The first-order chi connectivity index (χ1) is 21.6. The first-order valence-electron chi connectivity index (χ1n) is 12.8. The lowest BCUT2D eigenvalue weighted by Gasteiger charge is -2.06. The van der Waals surface area contributed by atoms with Gasteiger partial charge in [0.1, 0.15) is 23.0 Å². The molecule has 0 aliphatic heterocycles. The number of primary amides is 1. The Labute approximate surface area is 284 Å². The molecular formula is C31H20Cl4F2N5OS2+. The van der Waals surface area contributed by atoms with E-state index in [2.05, 4.69) is 15.6 Å². The van der Waals surface area contributed by atoms with Gasteiger partial charge in [-0.05, 0) is 72.8 Å². The highest BCUT2D eigenvalue weighted by atomic mass is 35.5. The number of hydrogen-bond donors (Lipinski definition) is 3. The highest BCUT2D eigenvalue weighted by molar-refractivity contribution is 7.14. The van der Waals surface area contributed by atoms with E-state index in [-0.39, 0.29) is 11.6 Å². The van der Waals surface area contributed by atoms with Crippen molar-refractivity contribution in [3.05, 3.63) is 127 Å². The Balaban J connectivity index is 0.000000179. The predicted molar refractivity (Wildman–Crippen MR) is 182 cm³/mol. The zero-order chi connectivity index (χ0) is 32.1. The molecule has 0 atom stereocenters. The lowest BCUT2D eigenvalue weighted by molar-refractivity contribution is -0.537. The van der Waals surface area contributed by atoms with E-state index in [1.807, 2.05) is 5.38 Å². The standard InChI is InChI=1S/C16H10Cl2FN3OS.C15H9Cl2FN2S/c17-11-2-1-3-12(18)14(11)21-16-22(15(20)23)13(8-24-16)9-4-6-10(19)7-5-9;16-11-2-1-3-12(17)14(11)20-15-19-13(8-21-15)9-4-6-10(18)7-5-9/h1-8H,(H2,20,23);1-8H,(H,19,20)/p+1. The molecule has 0 bridgehead atoms. The molecule has 14 heteroatoms. The maximum atomic E-state index is 13.1. The van der Waals surface area contributed by atoms with Crippen molar-refractivity contribution in [3.63, 3.8) is 0 Å². The van der Waals surface area contributed by atoms with Crippen molar-refractivity contribution in [2.75, 3.05) is 10.6 Å². The molecule has 0 aliphatic rings. The molecule has 228 valence electrons. The Hall–Kier alpha value is -3.77. The second-order valence-electron chi connectivity index (χ2n) is 9.09. The fourth-order valence-corrected chi connectivity index (χ4v) is 6.61. The molecule has 6 rings (SSSR count). The molecule has 0 saturated heterocycles. The molecule has 0 radical (unpaired) electrons. The highest BCUT2D eigenvalue weighted by Crippen LogP contribution is 2.36. The van der Waals surface area contributed by atoms with Gasteiger partial charge in [-0.3, -0.25) is 11.1 Å². The summed E-state index contributed by atoms with van der Waals surface area (Å²) in [5.74, 6) is -0.629. The van der Waals surface area contributed by atoms with Gasteiger partial charge >= 0.3 is 6.03 Å². The van der Waals surface area contributed by atoms with Crippen molar-refractivity contribution in [1.29, 1.82) is 0 Å². The number of benzene rings is 4. The normalized spacial score (nSPS) is 10.6. The molecule has 6 nitrogen and oxygen atoms in total. The number of para-hydroxylation sites is 2. The van der Waals surface area contributed by atoms with Gasteiger partial charge in [-0.2, -0.15) is 4.57 Å². The van der Waals surface area contributed by atoms with Crippen LogP contribution < -0.4 is 20.9 Å². The second kappa shape index (κ2) is 14.6. The molecule has 1 amide bonds. The molecule has 0 saturated carbocycles. The summed E-state index contributed by atoms with van der Waals surface area (Å²) in [6.45, 7) is 0. The van der Waals surface area contributed by atoms with Crippen molar-refractivity contribution >= 4 is 96.7 Å². The fourth-order valence-electron chi connectivity index (χ4n) is 3.98. The van der Waals surface area contributed by atoms with Crippen LogP contribution in [-0.4, -0.2) is 11.0 Å². The molecule has 0 aliphatic carbocycles. The minimum Gasteiger partial charge on any atom is -0.329 e. The van der Waals surface area contributed by atoms with Crippen LogP contribution in [0.2, 0.25) is 20.1 Å². The molecule has 45 heavy (non-hydrogen) atoms. The molecule has 4 aromatic carbocycles. The van der Waals surface area contributed by atoms with Gasteiger partial charge in [0.2, 0.25) is 0 Å². The number of thiazole rings is 2. The molecule has 6 aromatic rings. The lowest BCUT2D eigenvalue weighted by atomic mass is 10.2. The van der Waals surface area contributed by atoms with Crippen molar-refractivity contribution < 1.29 is 18.1 Å². The minimum absolute atomic E-state index is 0.268. The van der Waals surface area contributed by atoms with Gasteiger partial charge in [-0.25, -0.2) is 18.6 Å². The van der Waals surface area contributed by atoms with E-state index in [1.165, 1.54) is 51.5 Å². The molecule has 2 heterocycles.